The van der Waals surface area contributed by atoms with Crippen molar-refractivity contribution in [2.75, 3.05) is 0 Å². The van der Waals surface area contributed by atoms with Gasteiger partial charge in [-0.3, -0.25) is 0 Å². The van der Waals surface area contributed by atoms with Crippen molar-refractivity contribution in [1.29, 1.82) is 0 Å². The first kappa shape index (κ1) is 21.4. The van der Waals surface area contributed by atoms with Gasteiger partial charge >= 0.3 is 0 Å². The van der Waals surface area contributed by atoms with Crippen LogP contribution in [0.25, 0.3) is 0 Å². The maximum atomic E-state index is 2.47. The van der Waals surface area contributed by atoms with Gasteiger partial charge in [-0.1, -0.05) is 119 Å². The quantitative estimate of drug-likeness (QED) is 0.349. The van der Waals surface area contributed by atoms with Crippen LogP contribution in [0.4, 0.5) is 0 Å². The molecule has 0 aromatic heterocycles. The standard InChI is InChI=1S/C29H36/c1-5-29(4,26-19-13-8-14-20-26)23-27(25-17-11-7-12-18-25)28(2,3)22-21-24-15-9-6-10-16-24/h6-20,27H,5,21-23H2,1-4H3. The van der Waals surface area contributed by atoms with Crippen LogP contribution < -0.4 is 0 Å². The van der Waals surface area contributed by atoms with Crippen LogP contribution in [0.15, 0.2) is 91.0 Å². The van der Waals surface area contributed by atoms with Gasteiger partial charge in [-0.05, 0) is 59.1 Å². The Labute approximate surface area is 178 Å². The lowest BCUT2D eigenvalue weighted by molar-refractivity contribution is 0.211. The average molecular weight is 385 g/mol. The molecular formula is C29H36. The molecule has 3 aromatic rings. The van der Waals surface area contributed by atoms with E-state index in [9.17, 15) is 0 Å². The summed E-state index contributed by atoms with van der Waals surface area (Å²) in [5.74, 6) is 0.512. The first-order chi connectivity index (χ1) is 13.9. The van der Waals surface area contributed by atoms with Gasteiger partial charge < -0.3 is 0 Å². The van der Waals surface area contributed by atoms with E-state index in [-0.39, 0.29) is 10.8 Å². The van der Waals surface area contributed by atoms with Crippen LogP contribution in [0.5, 0.6) is 0 Å². The van der Waals surface area contributed by atoms with Crippen LogP contribution >= 0.6 is 0 Å². The van der Waals surface area contributed by atoms with E-state index in [2.05, 4.69) is 119 Å². The molecule has 0 saturated carbocycles. The summed E-state index contributed by atoms with van der Waals surface area (Å²) < 4.78 is 0. The molecule has 0 heteroatoms. The van der Waals surface area contributed by atoms with Gasteiger partial charge in [0.25, 0.3) is 0 Å². The van der Waals surface area contributed by atoms with Crippen molar-refractivity contribution in [3.05, 3.63) is 108 Å². The summed E-state index contributed by atoms with van der Waals surface area (Å²) in [6.07, 6.45) is 4.63. The Balaban J connectivity index is 1.90. The third-order valence-corrected chi connectivity index (χ3v) is 6.95. The highest BCUT2D eigenvalue weighted by Crippen LogP contribution is 2.48. The maximum absolute atomic E-state index is 2.47. The zero-order valence-corrected chi connectivity index (χ0v) is 18.6. The molecule has 0 nitrogen and oxygen atoms in total. The van der Waals surface area contributed by atoms with E-state index < -0.39 is 0 Å². The Hall–Kier alpha value is -2.34. The molecule has 0 aliphatic heterocycles. The van der Waals surface area contributed by atoms with Crippen molar-refractivity contribution in [2.24, 2.45) is 5.41 Å². The molecule has 0 N–H and O–H groups in total. The largest absolute Gasteiger partial charge is 0.0645 e. The summed E-state index contributed by atoms with van der Waals surface area (Å²) in [5.41, 5.74) is 4.76. The van der Waals surface area contributed by atoms with E-state index in [0.717, 1.165) is 12.8 Å². The highest BCUT2D eigenvalue weighted by Gasteiger charge is 2.37. The number of aryl methyl sites for hydroxylation is 1. The molecular weight excluding hydrogens is 348 g/mol. The Kier molecular flexibility index (Phi) is 6.96. The molecule has 0 fully saturated rings. The summed E-state index contributed by atoms with van der Waals surface area (Å²) in [7, 11) is 0. The first-order valence-corrected chi connectivity index (χ1v) is 11.1. The van der Waals surface area contributed by atoms with Crippen molar-refractivity contribution < 1.29 is 0 Å². The minimum Gasteiger partial charge on any atom is -0.0645 e. The summed E-state index contributed by atoms with van der Waals surface area (Å²) in [6.45, 7) is 9.72. The second-order valence-electron chi connectivity index (χ2n) is 9.42. The lowest BCUT2D eigenvalue weighted by atomic mass is 9.63. The van der Waals surface area contributed by atoms with Crippen LogP contribution in [-0.4, -0.2) is 0 Å². The topological polar surface area (TPSA) is 0 Å². The van der Waals surface area contributed by atoms with Crippen molar-refractivity contribution in [3.63, 3.8) is 0 Å². The van der Waals surface area contributed by atoms with Crippen molar-refractivity contribution >= 4 is 0 Å². The Morgan fingerprint density at radius 3 is 1.76 bits per heavy atom. The summed E-state index contributed by atoms with van der Waals surface area (Å²) in [4.78, 5) is 0. The monoisotopic (exact) mass is 384 g/mol. The minimum absolute atomic E-state index is 0.172. The maximum Gasteiger partial charge on any atom is -0.00719 e. The van der Waals surface area contributed by atoms with Crippen LogP contribution in [-0.2, 0) is 11.8 Å². The van der Waals surface area contributed by atoms with Gasteiger partial charge in [-0.15, -0.1) is 0 Å². The molecule has 3 rings (SSSR count). The molecule has 0 radical (unpaired) electrons. The number of hydrogen-bond donors (Lipinski definition) is 0. The summed E-state index contributed by atoms with van der Waals surface area (Å²) >= 11 is 0. The van der Waals surface area contributed by atoms with Crippen LogP contribution in [0.2, 0.25) is 0 Å². The predicted molar refractivity (Wildman–Crippen MR) is 126 cm³/mol. The van der Waals surface area contributed by atoms with E-state index in [0.29, 0.717) is 5.92 Å². The second-order valence-corrected chi connectivity index (χ2v) is 9.42. The Morgan fingerprint density at radius 2 is 1.21 bits per heavy atom. The zero-order valence-electron chi connectivity index (χ0n) is 18.6. The average Bonchev–Trinajstić information content (AvgIpc) is 2.78. The van der Waals surface area contributed by atoms with Crippen LogP contribution in [0.3, 0.4) is 0 Å². The van der Waals surface area contributed by atoms with E-state index in [1.54, 1.807) is 0 Å². The smallest absolute Gasteiger partial charge is 0.00719 e. The molecule has 0 saturated heterocycles. The van der Waals surface area contributed by atoms with Gasteiger partial charge in [-0.25, -0.2) is 0 Å². The number of benzene rings is 3. The highest BCUT2D eigenvalue weighted by molar-refractivity contribution is 5.29. The molecule has 0 spiro atoms. The van der Waals surface area contributed by atoms with E-state index in [1.165, 1.54) is 29.5 Å². The van der Waals surface area contributed by atoms with Crippen molar-refractivity contribution in [2.45, 2.75) is 64.7 Å². The molecule has 3 aromatic carbocycles. The third-order valence-electron chi connectivity index (χ3n) is 6.95. The molecule has 0 heterocycles. The molecule has 0 amide bonds. The summed E-state index contributed by atoms with van der Waals surface area (Å²) in [5, 5.41) is 0. The molecule has 0 aliphatic rings. The van der Waals surface area contributed by atoms with Gasteiger partial charge in [-0.2, -0.15) is 0 Å². The number of rotatable bonds is 9. The normalized spacial score (nSPS) is 14.9. The lowest BCUT2D eigenvalue weighted by Gasteiger charge is -2.41. The molecule has 0 aliphatic carbocycles. The first-order valence-electron chi connectivity index (χ1n) is 11.1. The Bertz CT molecular complexity index is 848. The van der Waals surface area contributed by atoms with Crippen molar-refractivity contribution in [1.82, 2.24) is 0 Å². The fourth-order valence-electron chi connectivity index (χ4n) is 4.57. The molecule has 0 bridgehead atoms. The zero-order chi connectivity index (χ0) is 20.7. The van der Waals surface area contributed by atoms with Crippen molar-refractivity contribution in [3.8, 4) is 0 Å². The van der Waals surface area contributed by atoms with Crippen LogP contribution in [0, 0.1) is 5.41 Å². The Morgan fingerprint density at radius 1 is 0.690 bits per heavy atom. The fourth-order valence-corrected chi connectivity index (χ4v) is 4.57. The third kappa shape index (κ3) is 5.38. The molecule has 152 valence electrons. The van der Waals surface area contributed by atoms with Gasteiger partial charge in [0, 0.05) is 0 Å². The molecule has 2 unspecified atom stereocenters. The van der Waals surface area contributed by atoms with Gasteiger partial charge in [0.2, 0.25) is 0 Å². The number of hydrogen-bond acceptors (Lipinski definition) is 0. The second kappa shape index (κ2) is 9.44. The SMILES string of the molecule is CCC(C)(CC(c1ccccc1)C(C)(C)CCc1ccccc1)c1ccccc1. The van der Waals surface area contributed by atoms with Gasteiger partial charge in [0.1, 0.15) is 0 Å². The summed E-state index contributed by atoms with van der Waals surface area (Å²) in [6, 6.07) is 33.2. The van der Waals surface area contributed by atoms with Gasteiger partial charge in [0.15, 0.2) is 0 Å². The predicted octanol–water partition coefficient (Wildman–Crippen LogP) is 8.19. The molecule has 29 heavy (non-hydrogen) atoms. The van der Waals surface area contributed by atoms with Crippen LogP contribution in [0.1, 0.15) is 69.6 Å². The highest BCUT2D eigenvalue weighted by atomic mass is 14.4. The minimum atomic E-state index is 0.172. The van der Waals surface area contributed by atoms with E-state index in [1.807, 2.05) is 0 Å². The molecule has 2 atom stereocenters. The fraction of sp³-hybridized carbons (Fsp3) is 0.379. The van der Waals surface area contributed by atoms with E-state index >= 15 is 0 Å². The van der Waals surface area contributed by atoms with Gasteiger partial charge in [0.05, 0.1) is 0 Å². The van der Waals surface area contributed by atoms with E-state index in [4.69, 9.17) is 0 Å². The lowest BCUT2D eigenvalue weighted by Crippen LogP contribution is -2.31.